The van der Waals surface area contributed by atoms with Gasteiger partial charge in [0.15, 0.2) is 6.61 Å². The van der Waals surface area contributed by atoms with Crippen molar-refractivity contribution >= 4 is 35.2 Å². The first kappa shape index (κ1) is 23.9. The van der Waals surface area contributed by atoms with Crippen molar-refractivity contribution in [2.24, 2.45) is 5.92 Å². The van der Waals surface area contributed by atoms with Crippen LogP contribution in [0.3, 0.4) is 0 Å². The highest BCUT2D eigenvalue weighted by molar-refractivity contribution is 8.00. The van der Waals surface area contributed by atoms with Crippen molar-refractivity contribution in [2.75, 3.05) is 18.1 Å². The lowest BCUT2D eigenvalue weighted by Gasteiger charge is -2.24. The van der Waals surface area contributed by atoms with E-state index in [4.69, 9.17) is 4.74 Å². The molecule has 0 aromatic heterocycles. The molecule has 0 saturated heterocycles. The predicted molar refractivity (Wildman–Crippen MR) is 127 cm³/mol. The van der Waals surface area contributed by atoms with E-state index in [9.17, 15) is 14.4 Å². The minimum Gasteiger partial charge on any atom is -0.454 e. The average Bonchev–Trinajstić information content (AvgIpc) is 2.94. The number of esters is 1. The Labute approximate surface area is 193 Å². The molecule has 1 unspecified atom stereocenters. The van der Waals surface area contributed by atoms with E-state index in [1.165, 1.54) is 0 Å². The summed E-state index contributed by atoms with van der Waals surface area (Å²) < 4.78 is 5.36. The van der Waals surface area contributed by atoms with Crippen LogP contribution in [-0.2, 0) is 25.5 Å². The highest BCUT2D eigenvalue weighted by Crippen LogP contribution is 2.37. The van der Waals surface area contributed by atoms with Crippen molar-refractivity contribution < 1.29 is 19.1 Å². The Hall–Kier alpha value is -2.80. The third-order valence-electron chi connectivity index (χ3n) is 5.33. The number of carbonyl (C=O) groups excluding carboxylic acids is 3. The van der Waals surface area contributed by atoms with E-state index in [0.717, 1.165) is 22.6 Å². The largest absolute Gasteiger partial charge is 0.454 e. The molecule has 0 bridgehead atoms. The first-order valence-corrected chi connectivity index (χ1v) is 11.8. The van der Waals surface area contributed by atoms with Crippen LogP contribution in [0, 0.1) is 5.92 Å². The molecule has 2 atom stereocenters. The third-order valence-corrected chi connectivity index (χ3v) is 6.56. The first-order chi connectivity index (χ1) is 15.3. The second-order valence-corrected chi connectivity index (χ2v) is 9.77. The standard InChI is InChI=1S/C25H30N2O4S/c1-17(2)24(26-22(28)15-19-9-5-4-6-10-19)25(30)31-16-23(29)27-14-13-18(3)32-21-12-8-7-11-20(21)27/h4-12,17-18,24H,13-16H2,1-3H3,(H,26,28)/t18?,24-/m0/s1. The van der Waals surface area contributed by atoms with Gasteiger partial charge in [-0.3, -0.25) is 9.59 Å². The molecule has 0 radical (unpaired) electrons. The van der Waals surface area contributed by atoms with Gasteiger partial charge in [0.05, 0.1) is 12.1 Å². The number of benzene rings is 2. The van der Waals surface area contributed by atoms with Crippen molar-refractivity contribution in [3.63, 3.8) is 0 Å². The van der Waals surface area contributed by atoms with E-state index in [-0.39, 0.29) is 30.8 Å². The Morgan fingerprint density at radius 3 is 2.50 bits per heavy atom. The number of fused-ring (bicyclic) bond motifs is 1. The number of rotatable bonds is 7. The van der Waals surface area contributed by atoms with Crippen LogP contribution in [0.1, 0.15) is 32.8 Å². The van der Waals surface area contributed by atoms with Gasteiger partial charge in [-0.25, -0.2) is 4.79 Å². The minimum absolute atomic E-state index is 0.173. The maximum absolute atomic E-state index is 12.9. The number of carbonyl (C=O) groups is 3. The first-order valence-electron chi connectivity index (χ1n) is 10.9. The summed E-state index contributed by atoms with van der Waals surface area (Å²) in [4.78, 5) is 40.8. The van der Waals surface area contributed by atoms with E-state index in [1.807, 2.05) is 68.4 Å². The fraction of sp³-hybridized carbons (Fsp3) is 0.400. The molecule has 0 saturated carbocycles. The smallest absolute Gasteiger partial charge is 0.329 e. The SMILES string of the molecule is CC1CCN(C(=O)COC(=O)[C@@H](NC(=O)Cc2ccccc2)C(C)C)c2ccccc2S1. The molecule has 3 rings (SSSR count). The van der Waals surface area contributed by atoms with Crippen LogP contribution in [0.2, 0.25) is 0 Å². The van der Waals surface area contributed by atoms with Crippen molar-refractivity contribution in [3.05, 3.63) is 60.2 Å². The summed E-state index contributed by atoms with van der Waals surface area (Å²) in [5.74, 6) is -1.29. The van der Waals surface area contributed by atoms with Crippen LogP contribution < -0.4 is 10.2 Å². The van der Waals surface area contributed by atoms with E-state index in [0.29, 0.717) is 11.8 Å². The number of ether oxygens (including phenoxy) is 1. The molecule has 0 fully saturated rings. The Morgan fingerprint density at radius 1 is 1.09 bits per heavy atom. The molecule has 6 nitrogen and oxygen atoms in total. The molecule has 2 aromatic carbocycles. The lowest BCUT2D eigenvalue weighted by molar-refractivity contribution is -0.152. The molecule has 1 heterocycles. The normalized spacial score (nSPS) is 16.6. The van der Waals surface area contributed by atoms with Gasteiger partial charge in [0.25, 0.3) is 5.91 Å². The van der Waals surface area contributed by atoms with Crippen molar-refractivity contribution in [1.82, 2.24) is 5.32 Å². The topological polar surface area (TPSA) is 75.7 Å². The monoisotopic (exact) mass is 454 g/mol. The molecular formula is C25H30N2O4S. The Balaban J connectivity index is 1.60. The summed E-state index contributed by atoms with van der Waals surface area (Å²) in [7, 11) is 0. The van der Waals surface area contributed by atoms with Gasteiger partial charge in [0, 0.05) is 16.7 Å². The molecule has 2 amide bonds. The highest BCUT2D eigenvalue weighted by atomic mass is 32.2. The van der Waals surface area contributed by atoms with Gasteiger partial charge < -0.3 is 15.0 Å². The van der Waals surface area contributed by atoms with E-state index >= 15 is 0 Å². The number of anilines is 1. The van der Waals surface area contributed by atoms with Crippen LogP contribution in [0.25, 0.3) is 0 Å². The number of hydrogen-bond donors (Lipinski definition) is 1. The molecule has 1 aliphatic heterocycles. The highest BCUT2D eigenvalue weighted by Gasteiger charge is 2.29. The predicted octanol–water partition coefficient (Wildman–Crippen LogP) is 3.83. The average molecular weight is 455 g/mol. The molecular weight excluding hydrogens is 424 g/mol. The summed E-state index contributed by atoms with van der Waals surface area (Å²) in [6.07, 6.45) is 1.03. The summed E-state index contributed by atoms with van der Waals surface area (Å²) in [5.41, 5.74) is 1.71. The van der Waals surface area contributed by atoms with Crippen LogP contribution in [0.15, 0.2) is 59.5 Å². The maximum atomic E-state index is 12.9. The number of nitrogens with zero attached hydrogens (tertiary/aromatic N) is 1. The molecule has 7 heteroatoms. The van der Waals surface area contributed by atoms with Crippen LogP contribution >= 0.6 is 11.8 Å². The summed E-state index contributed by atoms with van der Waals surface area (Å²) in [6.45, 7) is 6.02. The summed E-state index contributed by atoms with van der Waals surface area (Å²) >= 11 is 1.75. The molecule has 170 valence electrons. The molecule has 1 aliphatic rings. The molecule has 0 aliphatic carbocycles. The van der Waals surface area contributed by atoms with Gasteiger partial charge in [-0.2, -0.15) is 0 Å². The Morgan fingerprint density at radius 2 is 1.78 bits per heavy atom. The minimum atomic E-state index is -0.814. The summed E-state index contributed by atoms with van der Waals surface area (Å²) in [6, 6.07) is 16.3. The van der Waals surface area contributed by atoms with Gasteiger partial charge in [-0.1, -0.05) is 63.2 Å². The van der Waals surface area contributed by atoms with Crippen LogP contribution in [0.5, 0.6) is 0 Å². The van der Waals surface area contributed by atoms with Crippen LogP contribution in [-0.4, -0.2) is 42.2 Å². The fourth-order valence-corrected chi connectivity index (χ4v) is 4.66. The third kappa shape index (κ3) is 6.36. The van der Waals surface area contributed by atoms with Crippen molar-refractivity contribution in [1.29, 1.82) is 0 Å². The summed E-state index contributed by atoms with van der Waals surface area (Å²) in [5, 5.41) is 3.15. The molecule has 32 heavy (non-hydrogen) atoms. The maximum Gasteiger partial charge on any atom is 0.329 e. The van der Waals surface area contributed by atoms with Gasteiger partial charge >= 0.3 is 5.97 Å². The quantitative estimate of drug-likeness (QED) is 0.644. The van der Waals surface area contributed by atoms with Crippen LogP contribution in [0.4, 0.5) is 5.69 Å². The van der Waals surface area contributed by atoms with Gasteiger partial charge in [-0.15, -0.1) is 11.8 Å². The lowest BCUT2D eigenvalue weighted by Crippen LogP contribution is -2.47. The zero-order valence-electron chi connectivity index (χ0n) is 18.7. The van der Waals surface area contributed by atoms with Crippen molar-refractivity contribution in [2.45, 2.75) is 49.8 Å². The number of thioether (sulfide) groups is 1. The zero-order valence-corrected chi connectivity index (χ0v) is 19.6. The zero-order chi connectivity index (χ0) is 23.1. The van der Waals surface area contributed by atoms with Crippen molar-refractivity contribution in [3.8, 4) is 0 Å². The van der Waals surface area contributed by atoms with E-state index in [1.54, 1.807) is 16.7 Å². The Bertz CT molecular complexity index is 948. The molecule has 1 N–H and O–H groups in total. The van der Waals surface area contributed by atoms with Gasteiger partial charge in [0.2, 0.25) is 5.91 Å². The number of nitrogens with one attached hydrogen (secondary N) is 1. The number of para-hydroxylation sites is 1. The second-order valence-electron chi connectivity index (χ2n) is 8.29. The Kier molecular flexibility index (Phi) is 8.33. The number of amides is 2. The molecule has 2 aromatic rings. The molecule has 0 spiro atoms. The van der Waals surface area contributed by atoms with E-state index < -0.39 is 12.0 Å². The lowest BCUT2D eigenvalue weighted by atomic mass is 10.0. The number of hydrogen-bond acceptors (Lipinski definition) is 5. The fourth-order valence-electron chi connectivity index (χ4n) is 3.55. The van der Waals surface area contributed by atoms with E-state index in [2.05, 4.69) is 12.2 Å². The second kappa shape index (κ2) is 11.2. The van der Waals surface area contributed by atoms with Gasteiger partial charge in [-0.05, 0) is 30.0 Å². The van der Waals surface area contributed by atoms with Gasteiger partial charge in [0.1, 0.15) is 6.04 Å².